The summed E-state index contributed by atoms with van der Waals surface area (Å²) < 4.78 is 8.22. The van der Waals surface area contributed by atoms with Gasteiger partial charge in [0.2, 0.25) is 0 Å². The number of fused-ring (bicyclic) bond motifs is 2. The minimum absolute atomic E-state index is 0.274. The zero-order valence-electron chi connectivity index (χ0n) is 14.3. The lowest BCUT2D eigenvalue weighted by molar-refractivity contribution is 0.305. The highest BCUT2D eigenvalue weighted by Crippen LogP contribution is 2.42. The van der Waals surface area contributed by atoms with Crippen LogP contribution in [0.15, 0.2) is 66.9 Å². The summed E-state index contributed by atoms with van der Waals surface area (Å²) in [7, 11) is 0. The zero-order chi connectivity index (χ0) is 17.3. The van der Waals surface area contributed by atoms with Crippen molar-refractivity contribution in [3.63, 3.8) is 0 Å². The fourth-order valence-corrected chi connectivity index (χ4v) is 3.79. The highest BCUT2D eigenvalue weighted by Gasteiger charge is 2.36. The minimum atomic E-state index is -0.274. The maximum Gasteiger partial charge on any atom is 0.120 e. The fourth-order valence-electron chi connectivity index (χ4n) is 3.79. The van der Waals surface area contributed by atoms with Crippen LogP contribution in [0.1, 0.15) is 35.7 Å². The Balaban J connectivity index is 1.65. The van der Waals surface area contributed by atoms with Crippen LogP contribution in [-0.4, -0.2) is 4.57 Å². The largest absolute Gasteiger partial charge is 0.489 e. The number of nitriles is 1. The molecule has 0 saturated carbocycles. The van der Waals surface area contributed by atoms with E-state index in [4.69, 9.17) is 4.74 Å². The number of nitrogens with zero attached hydrogens (tertiary/aromatic N) is 2. The van der Waals surface area contributed by atoms with E-state index in [0.29, 0.717) is 13.0 Å². The minimum Gasteiger partial charge on any atom is -0.489 e. The lowest BCUT2D eigenvalue weighted by Gasteiger charge is -2.36. The number of hydrogen-bond acceptors (Lipinski definition) is 2. The van der Waals surface area contributed by atoms with E-state index < -0.39 is 0 Å². The Hall–Kier alpha value is -2.99. The maximum atomic E-state index is 9.35. The third-order valence-corrected chi connectivity index (χ3v) is 5.09. The molecular weight excluding hydrogens is 308 g/mol. The van der Waals surface area contributed by atoms with Gasteiger partial charge in [0.25, 0.3) is 0 Å². The topological polar surface area (TPSA) is 37.9 Å². The Morgan fingerprint density at radius 1 is 1.12 bits per heavy atom. The van der Waals surface area contributed by atoms with Crippen molar-refractivity contribution in [1.29, 1.82) is 5.26 Å². The first-order valence-corrected chi connectivity index (χ1v) is 8.53. The molecule has 0 saturated heterocycles. The molecule has 1 aromatic heterocycles. The molecule has 0 bridgehead atoms. The maximum absolute atomic E-state index is 9.35. The molecule has 1 aliphatic heterocycles. The Kier molecular flexibility index (Phi) is 3.82. The van der Waals surface area contributed by atoms with Crippen LogP contribution in [0.5, 0.6) is 5.75 Å². The molecule has 0 amide bonds. The van der Waals surface area contributed by atoms with E-state index in [9.17, 15) is 5.26 Å². The molecule has 0 radical (unpaired) electrons. The van der Waals surface area contributed by atoms with Gasteiger partial charge in [-0.05, 0) is 47.9 Å². The molecule has 0 aliphatic carbocycles. The second-order valence-corrected chi connectivity index (χ2v) is 6.78. The van der Waals surface area contributed by atoms with E-state index >= 15 is 0 Å². The van der Waals surface area contributed by atoms with Gasteiger partial charge in [-0.25, -0.2) is 0 Å². The normalized spacial score (nSPS) is 18.1. The van der Waals surface area contributed by atoms with E-state index in [2.05, 4.69) is 60.2 Å². The lowest BCUT2D eigenvalue weighted by Crippen LogP contribution is -2.32. The third kappa shape index (κ3) is 2.70. The molecular formula is C22H20N2O. The molecule has 2 heterocycles. The van der Waals surface area contributed by atoms with Gasteiger partial charge in [0.05, 0.1) is 12.5 Å². The molecule has 1 aliphatic rings. The van der Waals surface area contributed by atoms with E-state index in [1.807, 2.05) is 24.3 Å². The summed E-state index contributed by atoms with van der Waals surface area (Å²) in [6.45, 7) is 3.54. The van der Waals surface area contributed by atoms with Crippen LogP contribution in [0, 0.1) is 11.3 Å². The molecule has 3 nitrogen and oxygen atoms in total. The van der Waals surface area contributed by atoms with Crippen LogP contribution in [0.2, 0.25) is 0 Å². The first kappa shape index (κ1) is 15.5. The van der Waals surface area contributed by atoms with E-state index in [1.54, 1.807) is 0 Å². The highest BCUT2D eigenvalue weighted by molar-refractivity contribution is 5.48. The summed E-state index contributed by atoms with van der Waals surface area (Å²) in [5.41, 5.74) is 4.55. The van der Waals surface area contributed by atoms with Crippen molar-refractivity contribution >= 4 is 0 Å². The molecule has 0 N–H and O–H groups in total. The van der Waals surface area contributed by atoms with Gasteiger partial charge >= 0.3 is 0 Å². The monoisotopic (exact) mass is 328 g/mol. The molecule has 2 aromatic carbocycles. The van der Waals surface area contributed by atoms with Gasteiger partial charge in [-0.1, -0.05) is 36.4 Å². The Bertz CT molecular complexity index is 936. The van der Waals surface area contributed by atoms with Crippen molar-refractivity contribution in [1.82, 2.24) is 4.57 Å². The van der Waals surface area contributed by atoms with Gasteiger partial charge in [0.1, 0.15) is 12.4 Å². The number of hydrogen-bond donors (Lipinski definition) is 0. The van der Waals surface area contributed by atoms with E-state index in [0.717, 1.165) is 17.9 Å². The van der Waals surface area contributed by atoms with Gasteiger partial charge in [-0.3, -0.25) is 0 Å². The lowest BCUT2D eigenvalue weighted by atomic mass is 9.73. The zero-order valence-corrected chi connectivity index (χ0v) is 14.3. The van der Waals surface area contributed by atoms with Crippen LogP contribution >= 0.6 is 0 Å². The van der Waals surface area contributed by atoms with Crippen molar-refractivity contribution in [2.24, 2.45) is 0 Å². The summed E-state index contributed by atoms with van der Waals surface area (Å²) in [5.74, 6) is 0.873. The van der Waals surface area contributed by atoms with Crippen molar-refractivity contribution < 1.29 is 4.74 Å². The molecule has 3 aromatic rings. The van der Waals surface area contributed by atoms with Crippen molar-refractivity contribution in [3.8, 4) is 11.8 Å². The number of ether oxygens (including phenoxy) is 1. The summed E-state index contributed by atoms with van der Waals surface area (Å²) in [4.78, 5) is 0. The summed E-state index contributed by atoms with van der Waals surface area (Å²) >= 11 is 0. The number of aromatic nitrogens is 1. The van der Waals surface area contributed by atoms with Crippen molar-refractivity contribution in [2.75, 3.05) is 0 Å². The predicted molar refractivity (Wildman–Crippen MR) is 97.4 cm³/mol. The Morgan fingerprint density at radius 3 is 2.76 bits per heavy atom. The standard InChI is InChI=1S/C22H20N2O/c1-22(11-12-23)20-10-9-19(25-16-17-6-3-2-4-7-17)14-18(20)15-24-13-5-8-21(22)24/h2-10,13-14H,11,15-16H2,1H3. The van der Waals surface area contributed by atoms with E-state index in [1.165, 1.54) is 16.8 Å². The second kappa shape index (κ2) is 6.14. The predicted octanol–water partition coefficient (Wildman–Crippen LogP) is 4.65. The Morgan fingerprint density at radius 2 is 1.96 bits per heavy atom. The average Bonchev–Trinajstić information content (AvgIpc) is 3.10. The molecule has 124 valence electrons. The second-order valence-electron chi connectivity index (χ2n) is 6.78. The summed E-state index contributed by atoms with van der Waals surface area (Å²) in [5, 5.41) is 9.35. The van der Waals surface area contributed by atoms with E-state index in [-0.39, 0.29) is 5.41 Å². The third-order valence-electron chi connectivity index (χ3n) is 5.09. The Labute approximate surface area is 148 Å². The van der Waals surface area contributed by atoms with Gasteiger partial charge in [0.15, 0.2) is 0 Å². The first-order valence-electron chi connectivity index (χ1n) is 8.53. The average molecular weight is 328 g/mol. The fraction of sp³-hybridized carbons (Fsp3) is 0.227. The summed E-state index contributed by atoms with van der Waals surface area (Å²) in [6.07, 6.45) is 2.56. The van der Waals surface area contributed by atoms with Crippen LogP contribution in [-0.2, 0) is 18.6 Å². The molecule has 1 unspecified atom stereocenters. The number of benzene rings is 2. The molecule has 1 atom stereocenters. The molecule has 3 heteroatoms. The number of rotatable bonds is 4. The van der Waals surface area contributed by atoms with Gasteiger partial charge in [0, 0.05) is 23.9 Å². The summed E-state index contributed by atoms with van der Waals surface area (Å²) in [6, 6.07) is 23.0. The van der Waals surface area contributed by atoms with Crippen LogP contribution < -0.4 is 4.74 Å². The van der Waals surface area contributed by atoms with Gasteiger partial charge in [-0.15, -0.1) is 0 Å². The molecule has 0 spiro atoms. The highest BCUT2D eigenvalue weighted by atomic mass is 16.5. The van der Waals surface area contributed by atoms with Gasteiger partial charge < -0.3 is 9.30 Å². The SMILES string of the molecule is CC1(CC#N)c2ccc(OCc3ccccc3)cc2Cn2cccc21. The first-order chi connectivity index (χ1) is 12.2. The molecule has 4 rings (SSSR count). The van der Waals surface area contributed by atoms with Crippen LogP contribution in [0.4, 0.5) is 0 Å². The quantitative estimate of drug-likeness (QED) is 0.699. The molecule has 0 fully saturated rings. The van der Waals surface area contributed by atoms with Crippen molar-refractivity contribution in [2.45, 2.75) is 31.9 Å². The van der Waals surface area contributed by atoms with Crippen LogP contribution in [0.25, 0.3) is 0 Å². The smallest absolute Gasteiger partial charge is 0.120 e. The van der Waals surface area contributed by atoms with Gasteiger partial charge in [-0.2, -0.15) is 5.26 Å². The van der Waals surface area contributed by atoms with Crippen LogP contribution in [0.3, 0.4) is 0 Å². The van der Waals surface area contributed by atoms with Crippen molar-refractivity contribution in [3.05, 3.63) is 89.2 Å². The molecule has 25 heavy (non-hydrogen) atoms.